The van der Waals surface area contributed by atoms with E-state index in [-0.39, 0.29) is 16.9 Å². The van der Waals surface area contributed by atoms with Gasteiger partial charge in [0.1, 0.15) is 0 Å². The highest BCUT2D eigenvalue weighted by Gasteiger charge is 2.23. The van der Waals surface area contributed by atoms with Gasteiger partial charge in [-0.15, -0.1) is 0 Å². The zero-order chi connectivity index (χ0) is 16.1. The molecule has 0 aromatic carbocycles. The van der Waals surface area contributed by atoms with Crippen LogP contribution < -0.4 is 0 Å². The normalized spacial score (nSPS) is 16.6. The van der Waals surface area contributed by atoms with Crippen LogP contribution in [0.15, 0.2) is 35.5 Å². The maximum Gasteiger partial charge on any atom is 0.333 e. The van der Waals surface area contributed by atoms with E-state index in [1.807, 2.05) is 19.9 Å². The van der Waals surface area contributed by atoms with Crippen LogP contribution in [0.1, 0.15) is 41.5 Å². The van der Waals surface area contributed by atoms with Crippen LogP contribution in [0, 0.1) is 11.3 Å². The van der Waals surface area contributed by atoms with Gasteiger partial charge in [-0.2, -0.15) is 0 Å². The molecule has 1 N–H and O–H groups in total. The Balaban J connectivity index is 5.02. The minimum absolute atomic E-state index is 0.0903. The minimum Gasteiger partial charge on any atom is -0.466 e. The molecule has 3 nitrogen and oxygen atoms in total. The van der Waals surface area contributed by atoms with Gasteiger partial charge in [0.2, 0.25) is 0 Å². The first kappa shape index (κ1) is 18.7. The van der Waals surface area contributed by atoms with Crippen LogP contribution in [0.3, 0.4) is 0 Å². The van der Waals surface area contributed by atoms with Crippen LogP contribution >= 0.6 is 0 Å². The Morgan fingerprint density at radius 3 is 2.20 bits per heavy atom. The molecule has 0 spiro atoms. The van der Waals surface area contributed by atoms with Crippen molar-refractivity contribution in [2.24, 2.45) is 11.3 Å². The van der Waals surface area contributed by atoms with Gasteiger partial charge in [0.25, 0.3) is 0 Å². The summed E-state index contributed by atoms with van der Waals surface area (Å²) in [5.74, 6) is -0.854. The van der Waals surface area contributed by atoms with Crippen LogP contribution in [0.25, 0.3) is 0 Å². The Labute approximate surface area is 123 Å². The highest BCUT2D eigenvalue weighted by atomic mass is 16.5. The topological polar surface area (TPSA) is 46.5 Å². The summed E-state index contributed by atoms with van der Waals surface area (Å²) in [7, 11) is 1.31. The summed E-state index contributed by atoms with van der Waals surface area (Å²) in [5.41, 5.74) is 2.27. The zero-order valence-corrected chi connectivity index (χ0v) is 13.8. The van der Waals surface area contributed by atoms with Crippen LogP contribution in [-0.2, 0) is 9.53 Å². The lowest BCUT2D eigenvalue weighted by Gasteiger charge is -2.21. The molecule has 20 heavy (non-hydrogen) atoms. The third kappa shape index (κ3) is 6.20. The summed E-state index contributed by atoms with van der Waals surface area (Å²) in [6, 6.07) is 0. The molecular formula is C17H28O3. The van der Waals surface area contributed by atoms with Gasteiger partial charge in [-0.3, -0.25) is 0 Å². The number of allylic oxidation sites excluding steroid dienone is 3. The Kier molecular flexibility index (Phi) is 6.94. The molecule has 0 heterocycles. The van der Waals surface area contributed by atoms with Gasteiger partial charge in [-0.05, 0) is 24.8 Å². The second-order valence-corrected chi connectivity index (χ2v) is 6.39. The molecule has 3 heteroatoms. The smallest absolute Gasteiger partial charge is 0.333 e. The van der Waals surface area contributed by atoms with E-state index in [9.17, 15) is 9.90 Å². The molecule has 0 aliphatic carbocycles. The summed E-state index contributed by atoms with van der Waals surface area (Å²) < 4.78 is 4.63. The standard InChI is InChI=1S/C17H28O3/c1-11(10-17(5,6)7)9-12(2)15(18)13(3)14(4)16(19)20-8/h9-10,13,15,18H,4H2,1-3,5-8H3/b11-10+,12-9+/t13-,15+/m1/s1. The molecule has 0 radical (unpaired) electrons. The maximum absolute atomic E-state index is 11.4. The molecule has 0 aliphatic rings. The van der Waals surface area contributed by atoms with Crippen molar-refractivity contribution >= 4 is 5.97 Å². The van der Waals surface area contributed by atoms with Crippen LogP contribution in [0.5, 0.6) is 0 Å². The number of carbonyl (C=O) groups excluding carboxylic acids is 1. The predicted octanol–water partition coefficient (Wildman–Crippen LogP) is 3.65. The van der Waals surface area contributed by atoms with Crippen LogP contribution in [0.2, 0.25) is 0 Å². The van der Waals surface area contributed by atoms with E-state index in [1.54, 1.807) is 6.92 Å². The predicted molar refractivity (Wildman–Crippen MR) is 83.3 cm³/mol. The lowest BCUT2D eigenvalue weighted by atomic mass is 9.89. The molecule has 0 saturated carbocycles. The fraction of sp³-hybridized carbons (Fsp3) is 0.588. The average Bonchev–Trinajstić information content (AvgIpc) is 2.32. The average molecular weight is 280 g/mol. The number of ether oxygens (including phenoxy) is 1. The van der Waals surface area contributed by atoms with Crippen molar-refractivity contribution in [3.05, 3.63) is 35.5 Å². The number of hydrogen-bond donors (Lipinski definition) is 1. The summed E-state index contributed by atoms with van der Waals surface area (Å²) >= 11 is 0. The summed E-state index contributed by atoms with van der Waals surface area (Å²) in [6.07, 6.45) is 3.34. The molecule has 114 valence electrons. The third-order valence-electron chi connectivity index (χ3n) is 3.05. The number of esters is 1. The van der Waals surface area contributed by atoms with E-state index < -0.39 is 12.1 Å². The number of hydrogen-bond acceptors (Lipinski definition) is 3. The lowest BCUT2D eigenvalue weighted by Crippen LogP contribution is -2.24. The van der Waals surface area contributed by atoms with Crippen molar-refractivity contribution in [2.75, 3.05) is 7.11 Å². The SMILES string of the molecule is C=C(C(=O)OC)[C@@H](C)[C@@H](O)/C(C)=C/C(C)=C/C(C)(C)C. The van der Waals surface area contributed by atoms with Crippen molar-refractivity contribution in [3.63, 3.8) is 0 Å². The number of aliphatic hydroxyl groups excluding tert-OH is 1. The highest BCUT2D eigenvalue weighted by molar-refractivity contribution is 5.88. The molecule has 0 unspecified atom stereocenters. The largest absolute Gasteiger partial charge is 0.466 e. The molecule has 0 aromatic heterocycles. The highest BCUT2D eigenvalue weighted by Crippen LogP contribution is 2.23. The number of methoxy groups -OCH3 is 1. The molecular weight excluding hydrogens is 252 g/mol. The first-order chi connectivity index (χ1) is 8.99. The van der Waals surface area contributed by atoms with Crippen LogP contribution in [0.4, 0.5) is 0 Å². The molecule has 0 rings (SSSR count). The first-order valence-corrected chi connectivity index (χ1v) is 6.82. The Bertz CT molecular complexity index is 422. The van der Waals surface area contributed by atoms with E-state index >= 15 is 0 Å². The van der Waals surface area contributed by atoms with Gasteiger partial charge in [-0.1, -0.05) is 52.0 Å². The third-order valence-corrected chi connectivity index (χ3v) is 3.05. The van der Waals surface area contributed by atoms with Gasteiger partial charge >= 0.3 is 5.97 Å². The van der Waals surface area contributed by atoms with E-state index in [0.29, 0.717) is 0 Å². The fourth-order valence-corrected chi connectivity index (χ4v) is 2.07. The van der Waals surface area contributed by atoms with Crippen LogP contribution in [-0.4, -0.2) is 24.3 Å². The second kappa shape index (κ2) is 7.44. The zero-order valence-electron chi connectivity index (χ0n) is 13.8. The van der Waals surface area contributed by atoms with Crippen molar-refractivity contribution in [3.8, 4) is 0 Å². The van der Waals surface area contributed by atoms with Gasteiger partial charge in [-0.25, -0.2) is 4.79 Å². The number of aliphatic hydroxyl groups is 1. The molecule has 0 saturated heterocycles. The fourth-order valence-electron chi connectivity index (χ4n) is 2.07. The van der Waals surface area contributed by atoms with E-state index in [2.05, 4.69) is 38.2 Å². The quantitative estimate of drug-likeness (QED) is 0.475. The Morgan fingerprint density at radius 1 is 1.30 bits per heavy atom. The molecule has 0 aliphatic heterocycles. The molecule has 0 fully saturated rings. The van der Waals surface area contributed by atoms with Crippen molar-refractivity contribution in [1.82, 2.24) is 0 Å². The second-order valence-electron chi connectivity index (χ2n) is 6.39. The van der Waals surface area contributed by atoms with Gasteiger partial charge < -0.3 is 9.84 Å². The molecule has 0 bridgehead atoms. The number of rotatable bonds is 5. The lowest BCUT2D eigenvalue weighted by molar-refractivity contribution is -0.137. The van der Waals surface area contributed by atoms with Gasteiger partial charge in [0.15, 0.2) is 0 Å². The Morgan fingerprint density at radius 2 is 1.80 bits per heavy atom. The summed E-state index contributed by atoms with van der Waals surface area (Å²) in [5, 5.41) is 10.3. The van der Waals surface area contributed by atoms with E-state index in [4.69, 9.17) is 0 Å². The van der Waals surface area contributed by atoms with Crippen molar-refractivity contribution < 1.29 is 14.6 Å². The van der Waals surface area contributed by atoms with Crippen molar-refractivity contribution in [2.45, 2.75) is 47.6 Å². The molecule has 2 atom stereocenters. The monoisotopic (exact) mass is 280 g/mol. The number of carbonyl (C=O) groups is 1. The summed E-state index contributed by atoms with van der Waals surface area (Å²) in [4.78, 5) is 11.4. The Hall–Kier alpha value is -1.35. The van der Waals surface area contributed by atoms with Gasteiger partial charge in [0, 0.05) is 11.5 Å². The van der Waals surface area contributed by atoms with E-state index in [1.165, 1.54) is 7.11 Å². The summed E-state index contributed by atoms with van der Waals surface area (Å²) in [6.45, 7) is 15.7. The first-order valence-electron chi connectivity index (χ1n) is 6.82. The van der Waals surface area contributed by atoms with E-state index in [0.717, 1.165) is 11.1 Å². The maximum atomic E-state index is 11.4. The minimum atomic E-state index is -0.745. The van der Waals surface area contributed by atoms with Crippen molar-refractivity contribution in [1.29, 1.82) is 0 Å². The van der Waals surface area contributed by atoms with Gasteiger partial charge in [0.05, 0.1) is 13.2 Å². The molecule has 0 aromatic rings. The molecule has 0 amide bonds.